The Labute approximate surface area is 132 Å². The zero-order chi connectivity index (χ0) is 17.4. The molecular weight excluding hydrogens is 330 g/mol. The number of sulfone groups is 1. The molecule has 2 aromatic heterocycles. The second-order valence-electron chi connectivity index (χ2n) is 6.32. The average Bonchev–Trinajstić information content (AvgIpc) is 2.94. The molecule has 0 spiro atoms. The summed E-state index contributed by atoms with van der Waals surface area (Å²) in [5.74, 6) is -0.975. The maximum absolute atomic E-state index is 13.0. The molecule has 2 aromatic rings. The highest BCUT2D eigenvalue weighted by Gasteiger charge is 2.28. The smallest absolute Gasteiger partial charge is 0.281 e. The second kappa shape index (κ2) is 5.99. The summed E-state index contributed by atoms with van der Waals surface area (Å²) < 4.78 is 56.4. The Balaban J connectivity index is 2.27. The van der Waals surface area contributed by atoms with Crippen LogP contribution in [0.5, 0.6) is 0 Å². The molecule has 10 heteroatoms. The quantitative estimate of drug-likeness (QED) is 0.822. The van der Waals surface area contributed by atoms with E-state index in [1.807, 2.05) is 20.8 Å². The summed E-state index contributed by atoms with van der Waals surface area (Å²) in [6, 6.07) is 0. The minimum absolute atomic E-state index is 0.240. The second-order valence-corrected chi connectivity index (χ2v) is 8.38. The van der Waals surface area contributed by atoms with Gasteiger partial charge in [0.05, 0.1) is 17.2 Å². The molecule has 0 aliphatic carbocycles. The molecule has 0 aliphatic heterocycles. The monoisotopic (exact) mass is 348 g/mol. The topological polar surface area (TPSA) is 90.9 Å². The van der Waals surface area contributed by atoms with Crippen molar-refractivity contribution in [3.8, 4) is 0 Å². The van der Waals surface area contributed by atoms with Crippen LogP contribution in [-0.2, 0) is 33.8 Å². The maximum Gasteiger partial charge on any atom is 0.281 e. The highest BCUT2D eigenvalue weighted by molar-refractivity contribution is 7.89. The Bertz CT molecular complexity index is 790. The van der Waals surface area contributed by atoms with Gasteiger partial charge in [-0.1, -0.05) is 31.1 Å². The standard InChI is InChI=1S/C13H18F2N4O3S/c1-13(2,3)11-8(5-22-17-11)6-23(20,21)7-9-10(12(14)15)19(4)18-16-9/h5,12H,6-7H2,1-4H3. The first-order valence-electron chi connectivity index (χ1n) is 6.82. The van der Waals surface area contributed by atoms with Crippen molar-refractivity contribution in [1.29, 1.82) is 0 Å². The minimum atomic E-state index is -3.73. The molecule has 0 saturated carbocycles. The van der Waals surface area contributed by atoms with Gasteiger partial charge < -0.3 is 4.52 Å². The zero-order valence-electron chi connectivity index (χ0n) is 13.2. The van der Waals surface area contributed by atoms with Crippen LogP contribution in [0.3, 0.4) is 0 Å². The van der Waals surface area contributed by atoms with Gasteiger partial charge in [-0.15, -0.1) is 5.10 Å². The van der Waals surface area contributed by atoms with Crippen LogP contribution in [0.15, 0.2) is 10.8 Å². The molecular formula is C13H18F2N4O3S. The van der Waals surface area contributed by atoms with Crippen molar-refractivity contribution < 1.29 is 21.7 Å². The van der Waals surface area contributed by atoms with Gasteiger partial charge in [-0.25, -0.2) is 21.9 Å². The summed E-state index contributed by atoms with van der Waals surface area (Å²) in [4.78, 5) is 0. The lowest BCUT2D eigenvalue weighted by molar-refractivity contribution is 0.140. The van der Waals surface area contributed by atoms with Crippen molar-refractivity contribution in [3.63, 3.8) is 0 Å². The van der Waals surface area contributed by atoms with E-state index >= 15 is 0 Å². The molecule has 0 saturated heterocycles. The number of aryl methyl sites for hydroxylation is 1. The number of hydrogen-bond donors (Lipinski definition) is 0. The first-order chi connectivity index (χ1) is 10.5. The summed E-state index contributed by atoms with van der Waals surface area (Å²) in [6.45, 7) is 5.62. The predicted octanol–water partition coefficient (Wildman–Crippen LogP) is 2.15. The van der Waals surface area contributed by atoms with E-state index in [1.54, 1.807) is 0 Å². The van der Waals surface area contributed by atoms with Crippen molar-refractivity contribution >= 4 is 9.84 Å². The van der Waals surface area contributed by atoms with Gasteiger partial charge >= 0.3 is 0 Å². The van der Waals surface area contributed by atoms with Crippen LogP contribution in [0.4, 0.5) is 8.78 Å². The molecule has 0 radical (unpaired) electrons. The number of rotatable bonds is 5. The third-order valence-electron chi connectivity index (χ3n) is 3.24. The summed E-state index contributed by atoms with van der Waals surface area (Å²) in [5.41, 5.74) is -0.182. The van der Waals surface area contributed by atoms with E-state index in [4.69, 9.17) is 4.52 Å². The molecule has 23 heavy (non-hydrogen) atoms. The fourth-order valence-corrected chi connectivity index (χ4v) is 3.65. The summed E-state index contributed by atoms with van der Waals surface area (Å²) in [7, 11) is -2.44. The van der Waals surface area contributed by atoms with Gasteiger partial charge in [-0.3, -0.25) is 0 Å². The molecule has 128 valence electrons. The van der Waals surface area contributed by atoms with E-state index in [1.165, 1.54) is 13.3 Å². The fraction of sp³-hybridized carbons (Fsp3) is 0.615. The summed E-state index contributed by atoms with van der Waals surface area (Å²) in [6.07, 6.45) is -1.58. The van der Waals surface area contributed by atoms with Crippen LogP contribution < -0.4 is 0 Å². The number of alkyl halides is 2. The first-order valence-corrected chi connectivity index (χ1v) is 8.64. The molecule has 0 bridgehead atoms. The van der Waals surface area contributed by atoms with Gasteiger partial charge in [0, 0.05) is 18.0 Å². The molecule has 0 unspecified atom stereocenters. The fourth-order valence-electron chi connectivity index (χ4n) is 2.25. The molecule has 0 fully saturated rings. The van der Waals surface area contributed by atoms with Gasteiger partial charge in [-0.05, 0) is 0 Å². The summed E-state index contributed by atoms with van der Waals surface area (Å²) >= 11 is 0. The minimum Gasteiger partial charge on any atom is -0.364 e. The molecule has 0 aromatic carbocycles. The van der Waals surface area contributed by atoms with Gasteiger partial charge in [0.15, 0.2) is 9.84 Å². The van der Waals surface area contributed by atoms with Gasteiger partial charge in [0.1, 0.15) is 17.7 Å². The number of hydrogen-bond acceptors (Lipinski definition) is 6. The number of halogens is 2. The van der Waals surface area contributed by atoms with E-state index in [0.717, 1.165) is 4.68 Å². The molecule has 2 rings (SSSR count). The van der Waals surface area contributed by atoms with Crippen molar-refractivity contribution in [2.24, 2.45) is 7.05 Å². The van der Waals surface area contributed by atoms with Gasteiger partial charge in [-0.2, -0.15) is 0 Å². The van der Waals surface area contributed by atoms with Crippen LogP contribution in [-0.4, -0.2) is 28.6 Å². The number of aromatic nitrogens is 4. The average molecular weight is 348 g/mol. The highest BCUT2D eigenvalue weighted by Crippen LogP contribution is 2.27. The van der Waals surface area contributed by atoms with Crippen LogP contribution in [0.2, 0.25) is 0 Å². The molecule has 0 N–H and O–H groups in total. The van der Waals surface area contributed by atoms with E-state index in [-0.39, 0.29) is 11.4 Å². The molecule has 0 amide bonds. The lowest BCUT2D eigenvalue weighted by Gasteiger charge is -2.16. The van der Waals surface area contributed by atoms with E-state index in [0.29, 0.717) is 11.3 Å². The maximum atomic E-state index is 13.0. The largest absolute Gasteiger partial charge is 0.364 e. The van der Waals surface area contributed by atoms with Gasteiger partial charge in [0.2, 0.25) is 0 Å². The van der Waals surface area contributed by atoms with Crippen LogP contribution >= 0.6 is 0 Å². The first kappa shape index (κ1) is 17.5. The number of nitrogens with zero attached hydrogens (tertiary/aromatic N) is 4. The highest BCUT2D eigenvalue weighted by atomic mass is 32.2. The van der Waals surface area contributed by atoms with E-state index in [9.17, 15) is 17.2 Å². The Morgan fingerprint density at radius 3 is 2.52 bits per heavy atom. The molecule has 7 nitrogen and oxygen atoms in total. The summed E-state index contributed by atoms with van der Waals surface area (Å²) in [5, 5.41) is 10.8. The predicted molar refractivity (Wildman–Crippen MR) is 77.5 cm³/mol. The third-order valence-corrected chi connectivity index (χ3v) is 4.70. The van der Waals surface area contributed by atoms with Crippen molar-refractivity contribution in [3.05, 3.63) is 28.9 Å². The van der Waals surface area contributed by atoms with Crippen LogP contribution in [0, 0.1) is 0 Å². The molecule has 0 atom stereocenters. The van der Waals surface area contributed by atoms with Crippen molar-refractivity contribution in [1.82, 2.24) is 20.2 Å². The van der Waals surface area contributed by atoms with Crippen molar-refractivity contribution in [2.75, 3.05) is 0 Å². The lowest BCUT2D eigenvalue weighted by atomic mass is 9.90. The van der Waals surface area contributed by atoms with E-state index in [2.05, 4.69) is 15.5 Å². The molecule has 2 heterocycles. The van der Waals surface area contributed by atoms with E-state index < -0.39 is 33.1 Å². The Hall–Kier alpha value is -1.84. The zero-order valence-corrected chi connectivity index (χ0v) is 14.1. The third kappa shape index (κ3) is 3.92. The Morgan fingerprint density at radius 1 is 1.30 bits per heavy atom. The Morgan fingerprint density at radius 2 is 1.96 bits per heavy atom. The molecule has 0 aliphatic rings. The SMILES string of the molecule is Cn1nnc(CS(=O)(=O)Cc2conc2C(C)(C)C)c1C(F)F. The van der Waals surface area contributed by atoms with Crippen LogP contribution in [0.1, 0.15) is 49.8 Å². The van der Waals surface area contributed by atoms with Crippen molar-refractivity contribution in [2.45, 2.75) is 44.1 Å². The van der Waals surface area contributed by atoms with Crippen LogP contribution in [0.25, 0.3) is 0 Å². The normalized spacial score (nSPS) is 13.0. The Kier molecular flexibility index (Phi) is 4.56. The lowest BCUT2D eigenvalue weighted by Crippen LogP contribution is -2.17. The van der Waals surface area contributed by atoms with Gasteiger partial charge in [0.25, 0.3) is 6.43 Å².